The summed E-state index contributed by atoms with van der Waals surface area (Å²) < 4.78 is 1.82. The molecule has 1 aromatic rings. The zero-order chi connectivity index (χ0) is 8.97. The molecule has 0 saturated carbocycles. The first-order valence-electron chi connectivity index (χ1n) is 4.05. The number of aromatic nitrogens is 2. The van der Waals surface area contributed by atoms with E-state index in [1.165, 1.54) is 0 Å². The Morgan fingerprint density at radius 2 is 2.50 bits per heavy atom. The van der Waals surface area contributed by atoms with Gasteiger partial charge in [0, 0.05) is 25.8 Å². The van der Waals surface area contributed by atoms with Gasteiger partial charge in [-0.1, -0.05) is 0 Å². The van der Waals surface area contributed by atoms with Crippen molar-refractivity contribution in [3.63, 3.8) is 0 Å². The van der Waals surface area contributed by atoms with Gasteiger partial charge in [0.05, 0.1) is 12.3 Å². The Morgan fingerprint density at radius 1 is 1.75 bits per heavy atom. The highest BCUT2D eigenvalue weighted by Crippen LogP contribution is 1.95. The zero-order valence-corrected chi connectivity index (χ0v) is 7.49. The summed E-state index contributed by atoms with van der Waals surface area (Å²) in [5.74, 6) is 0. The molecule has 4 heteroatoms. The number of nitrogens with one attached hydrogen (secondary N) is 1. The maximum absolute atomic E-state index is 8.75. The predicted octanol–water partition coefficient (Wildman–Crippen LogP) is -0.110. The normalized spacial score (nSPS) is 13.2. The summed E-state index contributed by atoms with van der Waals surface area (Å²) in [6, 6.07) is 2.09. The van der Waals surface area contributed by atoms with Gasteiger partial charge in [-0.2, -0.15) is 5.10 Å². The number of aryl methyl sites for hydroxylation is 1. The monoisotopic (exact) mass is 169 g/mol. The maximum atomic E-state index is 8.75. The van der Waals surface area contributed by atoms with Crippen LogP contribution in [0, 0.1) is 0 Å². The fourth-order valence-corrected chi connectivity index (χ4v) is 0.918. The Balaban J connectivity index is 2.38. The van der Waals surface area contributed by atoms with Crippen molar-refractivity contribution < 1.29 is 5.11 Å². The van der Waals surface area contributed by atoms with Crippen LogP contribution in [0.15, 0.2) is 12.3 Å². The van der Waals surface area contributed by atoms with Crippen LogP contribution in [0.4, 0.5) is 0 Å². The van der Waals surface area contributed by atoms with E-state index in [0.717, 1.165) is 12.2 Å². The van der Waals surface area contributed by atoms with E-state index in [4.69, 9.17) is 5.11 Å². The van der Waals surface area contributed by atoms with E-state index in [9.17, 15) is 0 Å². The molecule has 0 saturated heterocycles. The van der Waals surface area contributed by atoms with E-state index in [2.05, 4.69) is 10.4 Å². The molecular weight excluding hydrogens is 154 g/mol. The molecule has 12 heavy (non-hydrogen) atoms. The van der Waals surface area contributed by atoms with Crippen molar-refractivity contribution in [2.24, 2.45) is 7.05 Å². The molecule has 0 aliphatic rings. The lowest BCUT2D eigenvalue weighted by atomic mass is 10.3. The second-order valence-corrected chi connectivity index (χ2v) is 2.91. The van der Waals surface area contributed by atoms with Gasteiger partial charge in [-0.3, -0.25) is 4.68 Å². The van der Waals surface area contributed by atoms with E-state index in [0.29, 0.717) is 0 Å². The van der Waals surface area contributed by atoms with Crippen LogP contribution >= 0.6 is 0 Å². The molecule has 0 fully saturated rings. The van der Waals surface area contributed by atoms with Crippen molar-refractivity contribution in [1.82, 2.24) is 15.1 Å². The predicted molar refractivity (Wildman–Crippen MR) is 46.6 cm³/mol. The minimum absolute atomic E-state index is 0.139. The highest BCUT2D eigenvalue weighted by atomic mass is 16.3. The molecule has 0 aliphatic carbocycles. The molecule has 0 aromatic carbocycles. The third-order valence-electron chi connectivity index (χ3n) is 1.83. The van der Waals surface area contributed by atoms with Gasteiger partial charge < -0.3 is 10.4 Å². The molecule has 0 unspecified atom stereocenters. The average Bonchev–Trinajstić information content (AvgIpc) is 2.47. The van der Waals surface area contributed by atoms with Gasteiger partial charge in [-0.25, -0.2) is 0 Å². The van der Waals surface area contributed by atoms with Gasteiger partial charge in [-0.15, -0.1) is 0 Å². The molecule has 0 bridgehead atoms. The van der Waals surface area contributed by atoms with Crippen molar-refractivity contribution in [2.75, 3.05) is 6.61 Å². The summed E-state index contributed by atoms with van der Waals surface area (Å²) in [7, 11) is 1.90. The number of rotatable bonds is 4. The van der Waals surface area contributed by atoms with Crippen LogP contribution in [0.2, 0.25) is 0 Å². The summed E-state index contributed by atoms with van der Waals surface area (Å²) in [6.45, 7) is 2.85. The van der Waals surface area contributed by atoms with E-state index in [-0.39, 0.29) is 12.6 Å². The van der Waals surface area contributed by atoms with E-state index in [1.807, 2.05) is 24.7 Å². The minimum Gasteiger partial charge on any atom is -0.395 e. The Morgan fingerprint density at radius 3 is 3.00 bits per heavy atom. The van der Waals surface area contributed by atoms with Crippen LogP contribution in [0.25, 0.3) is 0 Å². The molecule has 1 aromatic heterocycles. The lowest BCUT2D eigenvalue weighted by Gasteiger charge is -2.09. The molecular formula is C8H15N3O. The lowest BCUT2D eigenvalue weighted by molar-refractivity contribution is 0.250. The molecule has 0 amide bonds. The van der Waals surface area contributed by atoms with Crippen LogP contribution < -0.4 is 5.32 Å². The first kappa shape index (κ1) is 9.22. The van der Waals surface area contributed by atoms with Crippen LogP contribution in [-0.4, -0.2) is 27.5 Å². The Labute approximate surface area is 72.2 Å². The molecule has 68 valence electrons. The Hall–Kier alpha value is -0.870. The highest BCUT2D eigenvalue weighted by molar-refractivity contribution is 4.99. The molecule has 4 nitrogen and oxygen atoms in total. The van der Waals surface area contributed by atoms with Crippen LogP contribution in [0.1, 0.15) is 12.6 Å². The largest absolute Gasteiger partial charge is 0.395 e. The molecule has 0 spiro atoms. The van der Waals surface area contributed by atoms with Crippen molar-refractivity contribution >= 4 is 0 Å². The second kappa shape index (κ2) is 4.23. The molecule has 1 heterocycles. The number of hydrogen-bond acceptors (Lipinski definition) is 3. The summed E-state index contributed by atoms with van der Waals surface area (Å²) in [4.78, 5) is 0. The van der Waals surface area contributed by atoms with Crippen LogP contribution in [0.3, 0.4) is 0 Å². The topological polar surface area (TPSA) is 50.1 Å². The van der Waals surface area contributed by atoms with E-state index in [1.54, 1.807) is 6.20 Å². The van der Waals surface area contributed by atoms with Crippen LogP contribution in [-0.2, 0) is 13.6 Å². The number of hydrogen-bond donors (Lipinski definition) is 2. The lowest BCUT2D eigenvalue weighted by Crippen LogP contribution is -2.29. The molecule has 1 rings (SSSR count). The maximum Gasteiger partial charge on any atom is 0.0582 e. The third kappa shape index (κ3) is 2.32. The van der Waals surface area contributed by atoms with Gasteiger partial charge in [0.15, 0.2) is 0 Å². The second-order valence-electron chi connectivity index (χ2n) is 2.91. The van der Waals surface area contributed by atoms with E-state index < -0.39 is 0 Å². The Kier molecular flexibility index (Phi) is 3.25. The average molecular weight is 169 g/mol. The summed E-state index contributed by atoms with van der Waals surface area (Å²) >= 11 is 0. The summed E-state index contributed by atoms with van der Waals surface area (Å²) in [6.07, 6.45) is 1.76. The molecule has 2 N–H and O–H groups in total. The van der Waals surface area contributed by atoms with Gasteiger partial charge in [0.1, 0.15) is 0 Å². The van der Waals surface area contributed by atoms with Gasteiger partial charge >= 0.3 is 0 Å². The van der Waals surface area contributed by atoms with Crippen molar-refractivity contribution in [1.29, 1.82) is 0 Å². The smallest absolute Gasteiger partial charge is 0.0582 e. The summed E-state index contributed by atoms with van der Waals surface area (Å²) in [5.41, 5.74) is 1.12. The zero-order valence-electron chi connectivity index (χ0n) is 7.49. The van der Waals surface area contributed by atoms with Gasteiger partial charge in [0.25, 0.3) is 0 Å². The fourth-order valence-electron chi connectivity index (χ4n) is 0.918. The minimum atomic E-state index is 0.139. The first-order valence-corrected chi connectivity index (χ1v) is 4.05. The van der Waals surface area contributed by atoms with E-state index >= 15 is 0 Å². The number of aliphatic hydroxyl groups excluding tert-OH is 1. The van der Waals surface area contributed by atoms with Gasteiger partial charge in [0.2, 0.25) is 0 Å². The molecule has 1 atom stereocenters. The number of nitrogens with zero attached hydrogens (tertiary/aromatic N) is 2. The highest BCUT2D eigenvalue weighted by Gasteiger charge is 2.01. The molecule has 0 aliphatic heterocycles. The van der Waals surface area contributed by atoms with Crippen molar-refractivity contribution in [3.8, 4) is 0 Å². The number of aliphatic hydroxyl groups is 1. The fraction of sp³-hybridized carbons (Fsp3) is 0.625. The first-order chi connectivity index (χ1) is 5.74. The summed E-state index contributed by atoms with van der Waals surface area (Å²) in [5, 5.41) is 15.9. The van der Waals surface area contributed by atoms with Gasteiger partial charge in [-0.05, 0) is 13.0 Å². The molecule has 0 radical (unpaired) electrons. The van der Waals surface area contributed by atoms with Crippen molar-refractivity contribution in [3.05, 3.63) is 18.0 Å². The SMILES string of the molecule is C[C@@H](CO)NCc1ccnn1C. The standard InChI is InChI=1S/C8H15N3O/c1-7(6-12)9-5-8-3-4-10-11(8)2/h3-4,7,9,12H,5-6H2,1-2H3/t7-/m0/s1. The Bertz CT molecular complexity index is 234. The van der Waals surface area contributed by atoms with Crippen LogP contribution in [0.5, 0.6) is 0 Å². The van der Waals surface area contributed by atoms with Crippen molar-refractivity contribution in [2.45, 2.75) is 19.5 Å². The third-order valence-corrected chi connectivity index (χ3v) is 1.83. The quantitative estimate of drug-likeness (QED) is 0.661.